The van der Waals surface area contributed by atoms with E-state index in [1.165, 1.54) is 16.7 Å². The summed E-state index contributed by atoms with van der Waals surface area (Å²) in [5.74, 6) is 0.852. The van der Waals surface area contributed by atoms with Crippen LogP contribution in [0.5, 0.6) is 0 Å². The molecule has 2 aromatic rings. The minimum absolute atomic E-state index is 0.0201. The molecule has 1 saturated carbocycles. The molecule has 0 aliphatic heterocycles. The zero-order valence-electron chi connectivity index (χ0n) is 19.8. The van der Waals surface area contributed by atoms with Crippen molar-refractivity contribution in [3.63, 3.8) is 0 Å². The smallest absolute Gasteiger partial charge is 0.312 e. The molecule has 172 valence electrons. The maximum absolute atomic E-state index is 13.4. The lowest BCUT2D eigenvalue weighted by atomic mass is 9.49. The molecule has 0 heterocycles. The number of rotatable bonds is 6. The second-order valence-electron chi connectivity index (χ2n) is 10.4. The molecule has 4 heteroatoms. The van der Waals surface area contributed by atoms with Crippen molar-refractivity contribution < 1.29 is 9.53 Å². The van der Waals surface area contributed by atoms with Gasteiger partial charge in [-0.05, 0) is 90.8 Å². The van der Waals surface area contributed by atoms with Gasteiger partial charge in [0.05, 0.1) is 5.41 Å². The van der Waals surface area contributed by atoms with Gasteiger partial charge in [-0.25, -0.2) is 0 Å². The lowest BCUT2D eigenvalue weighted by Crippen LogP contribution is -2.53. The molecule has 4 rings (SSSR count). The second-order valence-corrected chi connectivity index (χ2v) is 11.3. The highest BCUT2D eigenvalue weighted by molar-refractivity contribution is 9.10. The van der Waals surface area contributed by atoms with Crippen LogP contribution in [0.1, 0.15) is 76.0 Å². The third kappa shape index (κ3) is 4.35. The molecule has 0 amide bonds. The van der Waals surface area contributed by atoms with E-state index in [4.69, 9.17) is 4.74 Å². The van der Waals surface area contributed by atoms with Crippen LogP contribution in [-0.4, -0.2) is 19.1 Å². The fraction of sp³-hybridized carbons (Fsp3) is 0.536. The molecule has 2 aromatic carbocycles. The summed E-state index contributed by atoms with van der Waals surface area (Å²) < 4.78 is 6.90. The average Bonchev–Trinajstić information content (AvgIpc) is 2.77. The fourth-order valence-electron chi connectivity index (χ4n) is 6.19. The first-order valence-electron chi connectivity index (χ1n) is 12.0. The van der Waals surface area contributed by atoms with Gasteiger partial charge in [-0.1, -0.05) is 61.3 Å². The number of hydrogen-bond acceptors (Lipinski definition) is 3. The second kappa shape index (κ2) is 9.21. The van der Waals surface area contributed by atoms with Crippen LogP contribution in [0.4, 0.5) is 5.69 Å². The number of hydrogen-bond donors (Lipinski definition) is 1. The summed E-state index contributed by atoms with van der Waals surface area (Å²) in [5.41, 5.74) is 5.04. The summed E-state index contributed by atoms with van der Waals surface area (Å²) in [4.78, 5) is 13.4. The number of anilines is 1. The predicted molar refractivity (Wildman–Crippen MR) is 135 cm³/mol. The number of aryl methyl sites for hydroxylation is 1. The Morgan fingerprint density at radius 1 is 1.16 bits per heavy atom. The zero-order chi connectivity index (χ0) is 22.9. The highest BCUT2D eigenvalue weighted by atomic mass is 79.9. The van der Waals surface area contributed by atoms with E-state index in [9.17, 15) is 4.79 Å². The molecule has 2 aliphatic rings. The Hall–Kier alpha value is -1.81. The van der Waals surface area contributed by atoms with Crippen LogP contribution in [0.2, 0.25) is 0 Å². The van der Waals surface area contributed by atoms with E-state index in [1.807, 2.05) is 24.3 Å². The summed E-state index contributed by atoms with van der Waals surface area (Å²) in [6.45, 7) is 10.1. The molecule has 1 fully saturated rings. The van der Waals surface area contributed by atoms with Gasteiger partial charge in [0.1, 0.15) is 6.61 Å². The van der Waals surface area contributed by atoms with E-state index < -0.39 is 5.41 Å². The van der Waals surface area contributed by atoms with Crippen molar-refractivity contribution in [2.24, 2.45) is 11.3 Å². The molecule has 2 aliphatic carbocycles. The molecule has 0 bridgehead atoms. The zero-order valence-corrected chi connectivity index (χ0v) is 21.4. The quantitative estimate of drug-likeness (QED) is 0.337. The van der Waals surface area contributed by atoms with Crippen molar-refractivity contribution in [1.82, 2.24) is 0 Å². The Morgan fingerprint density at radius 3 is 2.62 bits per heavy atom. The number of ether oxygens (including phenoxy) is 1. The molecule has 0 radical (unpaired) electrons. The molecule has 3 atom stereocenters. The molecule has 0 aromatic heterocycles. The van der Waals surface area contributed by atoms with Gasteiger partial charge in [-0.15, -0.1) is 0 Å². The van der Waals surface area contributed by atoms with Gasteiger partial charge >= 0.3 is 5.97 Å². The fourth-order valence-corrected chi connectivity index (χ4v) is 6.45. The first-order valence-corrected chi connectivity index (χ1v) is 12.8. The van der Waals surface area contributed by atoms with Crippen LogP contribution in [-0.2, 0) is 21.4 Å². The van der Waals surface area contributed by atoms with Crippen LogP contribution < -0.4 is 5.32 Å². The number of halogens is 1. The third-order valence-corrected chi connectivity index (χ3v) is 8.55. The largest absolute Gasteiger partial charge is 0.463 e. The average molecular weight is 499 g/mol. The summed E-state index contributed by atoms with van der Waals surface area (Å²) in [6, 6.07) is 15.1. The van der Waals surface area contributed by atoms with E-state index in [0.29, 0.717) is 25.0 Å². The Morgan fingerprint density at radius 2 is 1.91 bits per heavy atom. The Labute approximate surface area is 201 Å². The molecule has 0 unspecified atom stereocenters. The van der Waals surface area contributed by atoms with Gasteiger partial charge in [-0.2, -0.15) is 0 Å². The van der Waals surface area contributed by atoms with Crippen molar-refractivity contribution in [3.8, 4) is 0 Å². The Kier molecular flexibility index (Phi) is 6.72. The minimum Gasteiger partial charge on any atom is -0.463 e. The van der Waals surface area contributed by atoms with E-state index in [1.54, 1.807) is 0 Å². The first kappa shape index (κ1) is 23.4. The van der Waals surface area contributed by atoms with Crippen LogP contribution >= 0.6 is 15.9 Å². The van der Waals surface area contributed by atoms with Gasteiger partial charge in [0.2, 0.25) is 0 Å². The topological polar surface area (TPSA) is 38.3 Å². The monoisotopic (exact) mass is 497 g/mol. The predicted octanol–water partition coefficient (Wildman–Crippen LogP) is 7.24. The van der Waals surface area contributed by atoms with E-state index in [2.05, 4.69) is 67.1 Å². The van der Waals surface area contributed by atoms with Gasteiger partial charge in [0.15, 0.2) is 0 Å². The highest BCUT2D eigenvalue weighted by Crippen LogP contribution is 2.57. The molecule has 0 saturated heterocycles. The first-order chi connectivity index (χ1) is 15.2. The van der Waals surface area contributed by atoms with Gasteiger partial charge < -0.3 is 10.1 Å². The standard InChI is InChI=1S/C28H36BrNO2/c1-19(2)20-6-12-24-21(18-20)7-13-25-27(24,3)14-5-15-28(25,4)26(31)32-17-16-30-23-10-8-22(29)9-11-23/h6,8-12,18-19,25,30H,5,7,13-17H2,1-4H3/t25-,27-,28-/m1/s1. The van der Waals surface area contributed by atoms with Crippen molar-refractivity contribution in [2.75, 3.05) is 18.5 Å². The summed E-state index contributed by atoms with van der Waals surface area (Å²) in [5, 5.41) is 3.34. The number of carbonyl (C=O) groups excluding carboxylic acids is 1. The van der Waals surface area contributed by atoms with Crippen LogP contribution in [0.25, 0.3) is 0 Å². The highest BCUT2D eigenvalue weighted by Gasteiger charge is 2.55. The summed E-state index contributed by atoms with van der Waals surface area (Å²) in [6.07, 6.45) is 5.27. The summed E-state index contributed by atoms with van der Waals surface area (Å²) >= 11 is 3.45. The van der Waals surface area contributed by atoms with Crippen LogP contribution in [0.15, 0.2) is 46.9 Å². The van der Waals surface area contributed by atoms with Crippen molar-refractivity contribution in [3.05, 3.63) is 63.6 Å². The lowest BCUT2D eigenvalue weighted by molar-refractivity contribution is -0.164. The number of benzene rings is 2. The van der Waals surface area contributed by atoms with Crippen molar-refractivity contribution in [2.45, 2.75) is 71.1 Å². The van der Waals surface area contributed by atoms with E-state index >= 15 is 0 Å². The van der Waals surface area contributed by atoms with Crippen LogP contribution in [0.3, 0.4) is 0 Å². The molecule has 3 nitrogen and oxygen atoms in total. The number of esters is 1. The normalized spacial score (nSPS) is 26.9. The number of carbonyl (C=O) groups is 1. The maximum Gasteiger partial charge on any atom is 0.312 e. The Bertz CT molecular complexity index is 970. The van der Waals surface area contributed by atoms with Crippen LogP contribution in [0, 0.1) is 11.3 Å². The number of fused-ring (bicyclic) bond motifs is 3. The van der Waals surface area contributed by atoms with Gasteiger partial charge in [0.25, 0.3) is 0 Å². The van der Waals surface area contributed by atoms with Gasteiger partial charge in [0, 0.05) is 16.7 Å². The molecular formula is C28H36BrNO2. The third-order valence-electron chi connectivity index (χ3n) is 8.02. The maximum atomic E-state index is 13.4. The lowest BCUT2D eigenvalue weighted by Gasteiger charge is -2.54. The van der Waals surface area contributed by atoms with Crippen molar-refractivity contribution in [1.29, 1.82) is 0 Å². The molecular weight excluding hydrogens is 462 g/mol. The molecule has 0 spiro atoms. The van der Waals surface area contributed by atoms with Crippen molar-refractivity contribution >= 4 is 27.6 Å². The molecule has 32 heavy (non-hydrogen) atoms. The Balaban J connectivity index is 1.45. The van der Waals surface area contributed by atoms with E-state index in [-0.39, 0.29) is 11.4 Å². The SMILES string of the molecule is CC(C)c1ccc2c(c1)CC[C@H]1[C@](C)(C(=O)OCCNc3ccc(Br)cc3)CCC[C@]21C. The van der Waals surface area contributed by atoms with E-state index in [0.717, 1.165) is 42.3 Å². The van der Waals surface area contributed by atoms with Gasteiger partial charge in [-0.3, -0.25) is 4.79 Å². The molecule has 1 N–H and O–H groups in total. The minimum atomic E-state index is -0.418. The number of nitrogens with one attached hydrogen (secondary N) is 1. The summed E-state index contributed by atoms with van der Waals surface area (Å²) in [7, 11) is 0.